The summed E-state index contributed by atoms with van der Waals surface area (Å²) in [5.74, 6) is 0.422. The molecule has 1 aromatic carbocycles. The first kappa shape index (κ1) is 23.5. The Hall–Kier alpha value is -1.51. The first-order valence-corrected chi connectivity index (χ1v) is 11.4. The van der Waals surface area contributed by atoms with Crippen LogP contribution in [0, 0.1) is 0 Å². The second-order valence-corrected chi connectivity index (χ2v) is 9.18. The molecule has 1 rings (SSSR count). The zero-order valence-corrected chi connectivity index (χ0v) is 18.0. The summed E-state index contributed by atoms with van der Waals surface area (Å²) in [5.41, 5.74) is 0.424. The molecular weight excluding hydrogens is 411 g/mol. The largest absolute Gasteiger partial charge is 0.357 e. The number of hydrogen-bond donors (Lipinski definition) is 3. The standard InChI is InChI=1S/C17H26Cl2N4O3S/c1-4-20-17(23-12(2)7-10-27(3,25)26)22-9-8-21-16(24)13-5-6-14(18)15(19)11-13/h5-6,11-12H,4,7-10H2,1-3H3,(H,21,24)(H2,20,22,23). The number of nitrogens with one attached hydrogen (secondary N) is 3. The van der Waals surface area contributed by atoms with Gasteiger partial charge in [-0.25, -0.2) is 8.42 Å². The number of aliphatic imine (C=N–C) groups is 1. The number of carbonyl (C=O) groups is 1. The Morgan fingerprint density at radius 2 is 1.93 bits per heavy atom. The molecule has 0 saturated carbocycles. The minimum atomic E-state index is -3.00. The van der Waals surface area contributed by atoms with Gasteiger partial charge in [-0.3, -0.25) is 9.79 Å². The molecule has 0 fully saturated rings. The highest BCUT2D eigenvalue weighted by Crippen LogP contribution is 2.22. The van der Waals surface area contributed by atoms with Crippen molar-refractivity contribution in [2.75, 3.05) is 31.6 Å². The Morgan fingerprint density at radius 3 is 2.52 bits per heavy atom. The summed E-state index contributed by atoms with van der Waals surface area (Å²) in [6.07, 6.45) is 1.70. The smallest absolute Gasteiger partial charge is 0.251 e. The van der Waals surface area contributed by atoms with E-state index in [1.807, 2.05) is 13.8 Å². The van der Waals surface area contributed by atoms with Crippen LogP contribution in [0.1, 0.15) is 30.6 Å². The van der Waals surface area contributed by atoms with Gasteiger partial charge in [0.15, 0.2) is 5.96 Å². The van der Waals surface area contributed by atoms with Crippen LogP contribution in [0.3, 0.4) is 0 Å². The molecule has 1 aromatic rings. The number of halogens is 2. The van der Waals surface area contributed by atoms with Crippen LogP contribution in [0.15, 0.2) is 23.2 Å². The summed E-state index contributed by atoms with van der Waals surface area (Å²) in [7, 11) is -3.00. The molecule has 1 atom stereocenters. The molecular formula is C17H26Cl2N4O3S. The maximum atomic E-state index is 12.1. The maximum absolute atomic E-state index is 12.1. The minimum absolute atomic E-state index is 0.0525. The number of rotatable bonds is 9. The molecule has 1 unspecified atom stereocenters. The van der Waals surface area contributed by atoms with E-state index >= 15 is 0 Å². The second-order valence-electron chi connectivity index (χ2n) is 6.11. The lowest BCUT2D eigenvalue weighted by molar-refractivity contribution is 0.0955. The van der Waals surface area contributed by atoms with E-state index in [0.717, 1.165) is 0 Å². The molecule has 0 aromatic heterocycles. The third-order valence-corrected chi connectivity index (χ3v) is 5.21. The SMILES string of the molecule is CCNC(=NCCNC(=O)c1ccc(Cl)c(Cl)c1)NC(C)CCS(C)(=O)=O. The third-order valence-electron chi connectivity index (χ3n) is 3.50. The van der Waals surface area contributed by atoms with Crippen LogP contribution in [0.2, 0.25) is 10.0 Å². The van der Waals surface area contributed by atoms with Crippen molar-refractivity contribution in [3.8, 4) is 0 Å². The number of amides is 1. The van der Waals surface area contributed by atoms with Gasteiger partial charge in [0.05, 0.1) is 22.3 Å². The Labute approximate surface area is 170 Å². The summed E-state index contributed by atoms with van der Waals surface area (Å²) >= 11 is 11.7. The number of benzene rings is 1. The van der Waals surface area contributed by atoms with Gasteiger partial charge in [-0.05, 0) is 38.5 Å². The molecule has 0 radical (unpaired) electrons. The van der Waals surface area contributed by atoms with E-state index in [0.29, 0.717) is 47.6 Å². The van der Waals surface area contributed by atoms with Crippen molar-refractivity contribution in [1.29, 1.82) is 0 Å². The Bertz CT molecular complexity index is 769. The average molecular weight is 437 g/mol. The van der Waals surface area contributed by atoms with Crippen molar-refractivity contribution in [3.05, 3.63) is 33.8 Å². The fourth-order valence-corrected chi connectivity index (χ4v) is 3.17. The fourth-order valence-electron chi connectivity index (χ4n) is 2.09. The summed E-state index contributed by atoms with van der Waals surface area (Å²) < 4.78 is 22.5. The summed E-state index contributed by atoms with van der Waals surface area (Å²) in [6, 6.07) is 4.63. The van der Waals surface area contributed by atoms with Crippen molar-refractivity contribution in [2.24, 2.45) is 4.99 Å². The van der Waals surface area contributed by atoms with E-state index in [1.54, 1.807) is 12.1 Å². The minimum Gasteiger partial charge on any atom is -0.357 e. The zero-order chi connectivity index (χ0) is 20.4. The highest BCUT2D eigenvalue weighted by molar-refractivity contribution is 7.90. The molecule has 3 N–H and O–H groups in total. The molecule has 0 bridgehead atoms. The van der Waals surface area contributed by atoms with Gasteiger partial charge in [-0.2, -0.15) is 0 Å². The number of guanidine groups is 1. The van der Waals surface area contributed by atoms with E-state index in [-0.39, 0.29) is 17.7 Å². The molecule has 0 saturated heterocycles. The summed E-state index contributed by atoms with van der Waals surface area (Å²) in [4.78, 5) is 16.5. The fraction of sp³-hybridized carbons (Fsp3) is 0.529. The van der Waals surface area contributed by atoms with Crippen molar-refractivity contribution in [2.45, 2.75) is 26.3 Å². The van der Waals surface area contributed by atoms with Crippen molar-refractivity contribution in [1.82, 2.24) is 16.0 Å². The summed E-state index contributed by atoms with van der Waals surface area (Å²) in [5, 5.41) is 9.72. The monoisotopic (exact) mass is 436 g/mol. The molecule has 0 aliphatic rings. The van der Waals surface area contributed by atoms with Gasteiger partial charge in [0, 0.05) is 31.0 Å². The Morgan fingerprint density at radius 1 is 1.22 bits per heavy atom. The van der Waals surface area contributed by atoms with Gasteiger partial charge in [0.25, 0.3) is 5.91 Å². The second kappa shape index (κ2) is 11.4. The predicted molar refractivity (Wildman–Crippen MR) is 112 cm³/mol. The average Bonchev–Trinajstić information content (AvgIpc) is 2.58. The van der Waals surface area contributed by atoms with Crippen LogP contribution in [0.5, 0.6) is 0 Å². The van der Waals surface area contributed by atoms with Gasteiger partial charge < -0.3 is 16.0 Å². The lowest BCUT2D eigenvalue weighted by Gasteiger charge is -2.17. The summed E-state index contributed by atoms with van der Waals surface area (Å²) in [6.45, 7) is 5.20. The van der Waals surface area contributed by atoms with Crippen LogP contribution in [0.4, 0.5) is 0 Å². The molecule has 0 heterocycles. The number of carbonyl (C=O) groups excluding carboxylic acids is 1. The molecule has 152 valence electrons. The first-order valence-electron chi connectivity index (χ1n) is 8.58. The van der Waals surface area contributed by atoms with Crippen LogP contribution >= 0.6 is 23.2 Å². The van der Waals surface area contributed by atoms with Gasteiger partial charge in [0.1, 0.15) is 9.84 Å². The normalized spacial score (nSPS) is 13.1. The van der Waals surface area contributed by atoms with Crippen LogP contribution < -0.4 is 16.0 Å². The van der Waals surface area contributed by atoms with Gasteiger partial charge in [0.2, 0.25) is 0 Å². The van der Waals surface area contributed by atoms with Crippen LogP contribution in [0.25, 0.3) is 0 Å². The van der Waals surface area contributed by atoms with Crippen LogP contribution in [-0.4, -0.2) is 58.0 Å². The van der Waals surface area contributed by atoms with Crippen LogP contribution in [-0.2, 0) is 9.84 Å². The molecule has 0 aliphatic carbocycles. The van der Waals surface area contributed by atoms with Gasteiger partial charge in [-0.15, -0.1) is 0 Å². The number of hydrogen-bond acceptors (Lipinski definition) is 4. The number of sulfone groups is 1. The quantitative estimate of drug-likeness (QED) is 0.312. The van der Waals surface area contributed by atoms with Gasteiger partial charge >= 0.3 is 0 Å². The predicted octanol–water partition coefficient (Wildman–Crippen LogP) is 2.10. The van der Waals surface area contributed by atoms with E-state index in [2.05, 4.69) is 20.9 Å². The van der Waals surface area contributed by atoms with E-state index in [4.69, 9.17) is 23.2 Å². The molecule has 0 aliphatic heterocycles. The zero-order valence-electron chi connectivity index (χ0n) is 15.7. The lowest BCUT2D eigenvalue weighted by atomic mass is 10.2. The molecule has 7 nitrogen and oxygen atoms in total. The number of nitrogens with zero attached hydrogens (tertiary/aromatic N) is 1. The Kier molecular flexibility index (Phi) is 9.90. The molecule has 0 spiro atoms. The Balaban J connectivity index is 2.50. The molecule has 1 amide bonds. The molecule has 10 heteroatoms. The topological polar surface area (TPSA) is 99.7 Å². The van der Waals surface area contributed by atoms with E-state index in [1.165, 1.54) is 12.3 Å². The lowest BCUT2D eigenvalue weighted by Crippen LogP contribution is -2.43. The highest BCUT2D eigenvalue weighted by atomic mass is 35.5. The van der Waals surface area contributed by atoms with Crippen molar-refractivity contribution >= 4 is 44.9 Å². The maximum Gasteiger partial charge on any atom is 0.251 e. The van der Waals surface area contributed by atoms with Crippen molar-refractivity contribution in [3.63, 3.8) is 0 Å². The molecule has 27 heavy (non-hydrogen) atoms. The third kappa shape index (κ3) is 9.83. The van der Waals surface area contributed by atoms with E-state index in [9.17, 15) is 13.2 Å². The van der Waals surface area contributed by atoms with E-state index < -0.39 is 9.84 Å². The first-order chi connectivity index (χ1) is 12.6. The highest BCUT2D eigenvalue weighted by Gasteiger charge is 2.10. The van der Waals surface area contributed by atoms with Crippen molar-refractivity contribution < 1.29 is 13.2 Å². The van der Waals surface area contributed by atoms with Gasteiger partial charge in [-0.1, -0.05) is 23.2 Å².